The van der Waals surface area contributed by atoms with Crippen molar-refractivity contribution in [3.8, 4) is 0 Å². The van der Waals surface area contributed by atoms with Gasteiger partial charge in [0.15, 0.2) is 6.61 Å². The Morgan fingerprint density at radius 3 is 2.66 bits per heavy atom. The number of carbonyl (C=O) groups is 3. The third-order valence-corrected chi connectivity index (χ3v) is 4.81. The molecule has 29 heavy (non-hydrogen) atoms. The fraction of sp³-hybridized carbons (Fsp3) is 0.190. The number of carbonyl (C=O) groups excluding carboxylic acids is 3. The van der Waals surface area contributed by atoms with E-state index in [1.165, 1.54) is 29.2 Å². The molecule has 2 aromatic rings. The molecule has 1 aliphatic heterocycles. The van der Waals surface area contributed by atoms with E-state index in [0.717, 1.165) is 6.08 Å². The van der Waals surface area contributed by atoms with Gasteiger partial charge in [-0.05, 0) is 44.2 Å². The Morgan fingerprint density at radius 2 is 1.93 bits per heavy atom. The molecule has 0 unspecified atom stereocenters. The molecule has 0 radical (unpaired) electrons. The molecule has 0 spiro atoms. The normalized spacial score (nSPS) is 15.0. The Hall–Kier alpha value is -3.19. The summed E-state index contributed by atoms with van der Waals surface area (Å²) >= 11 is 5.89. The van der Waals surface area contributed by atoms with Gasteiger partial charge in [0.05, 0.1) is 16.4 Å². The lowest BCUT2D eigenvalue weighted by Crippen LogP contribution is -2.59. The summed E-state index contributed by atoms with van der Waals surface area (Å²) < 4.78 is 18.7. The van der Waals surface area contributed by atoms with E-state index in [-0.39, 0.29) is 16.5 Å². The van der Waals surface area contributed by atoms with Crippen molar-refractivity contribution in [2.75, 3.05) is 16.8 Å². The number of para-hydroxylation sites is 2. The predicted octanol–water partition coefficient (Wildman–Crippen LogP) is 3.80. The van der Waals surface area contributed by atoms with E-state index < -0.39 is 29.8 Å². The van der Waals surface area contributed by atoms with E-state index in [1.54, 1.807) is 38.1 Å². The molecule has 3 rings (SSSR count). The van der Waals surface area contributed by atoms with Crippen LogP contribution < -0.4 is 10.2 Å². The van der Waals surface area contributed by atoms with Crippen molar-refractivity contribution in [2.45, 2.75) is 19.4 Å². The van der Waals surface area contributed by atoms with Gasteiger partial charge in [-0.2, -0.15) is 0 Å². The van der Waals surface area contributed by atoms with Gasteiger partial charge in [0, 0.05) is 11.6 Å². The zero-order valence-electron chi connectivity index (χ0n) is 15.7. The number of nitrogens with one attached hydrogen (secondary N) is 1. The van der Waals surface area contributed by atoms with Gasteiger partial charge in [-0.1, -0.05) is 29.8 Å². The van der Waals surface area contributed by atoms with Gasteiger partial charge in [0.1, 0.15) is 11.4 Å². The number of fused-ring (bicyclic) bond motifs is 1. The highest BCUT2D eigenvalue weighted by Crippen LogP contribution is 2.36. The van der Waals surface area contributed by atoms with Crippen LogP contribution in [0.2, 0.25) is 5.02 Å². The molecule has 0 fully saturated rings. The summed E-state index contributed by atoms with van der Waals surface area (Å²) in [7, 11) is 0. The van der Waals surface area contributed by atoms with E-state index >= 15 is 0 Å². The lowest BCUT2D eigenvalue weighted by Gasteiger charge is -2.41. The quantitative estimate of drug-likeness (QED) is 0.607. The van der Waals surface area contributed by atoms with Crippen molar-refractivity contribution in [1.82, 2.24) is 0 Å². The molecule has 1 aliphatic rings. The Bertz CT molecular complexity index is 999. The zero-order valence-corrected chi connectivity index (χ0v) is 16.5. The van der Waals surface area contributed by atoms with Crippen LogP contribution in [0.1, 0.15) is 19.4 Å². The maximum absolute atomic E-state index is 13.7. The molecule has 0 aromatic heterocycles. The smallest absolute Gasteiger partial charge is 0.331 e. The number of amides is 2. The molecule has 0 saturated carbocycles. The highest BCUT2D eigenvalue weighted by atomic mass is 35.5. The van der Waals surface area contributed by atoms with Crippen LogP contribution >= 0.6 is 11.6 Å². The van der Waals surface area contributed by atoms with Crippen LogP contribution in [0, 0.1) is 5.82 Å². The second-order valence-corrected chi connectivity index (χ2v) is 7.24. The van der Waals surface area contributed by atoms with E-state index in [2.05, 4.69) is 5.32 Å². The number of halogens is 2. The van der Waals surface area contributed by atoms with Crippen LogP contribution in [-0.4, -0.2) is 29.9 Å². The summed E-state index contributed by atoms with van der Waals surface area (Å²) in [6.07, 6.45) is 2.16. The molecule has 2 aromatic carbocycles. The summed E-state index contributed by atoms with van der Waals surface area (Å²) in [6.45, 7) is 2.61. The van der Waals surface area contributed by atoms with Gasteiger partial charge >= 0.3 is 5.97 Å². The van der Waals surface area contributed by atoms with Crippen LogP contribution in [0.4, 0.5) is 15.8 Å². The maximum Gasteiger partial charge on any atom is 0.331 e. The number of nitrogens with zero attached hydrogens (tertiary/aromatic N) is 1. The maximum atomic E-state index is 13.7. The van der Waals surface area contributed by atoms with Crippen LogP contribution in [-0.2, 0) is 19.1 Å². The lowest BCUT2D eigenvalue weighted by atomic mass is 9.96. The molecule has 0 atom stereocenters. The van der Waals surface area contributed by atoms with Crippen LogP contribution in [0.5, 0.6) is 0 Å². The molecule has 150 valence electrons. The van der Waals surface area contributed by atoms with E-state index in [1.807, 2.05) is 0 Å². The summed E-state index contributed by atoms with van der Waals surface area (Å²) in [5.74, 6) is -2.35. The highest BCUT2D eigenvalue weighted by Gasteiger charge is 2.43. The Morgan fingerprint density at radius 1 is 1.21 bits per heavy atom. The average molecular weight is 417 g/mol. The van der Waals surface area contributed by atoms with Crippen molar-refractivity contribution >= 4 is 46.8 Å². The average Bonchev–Trinajstić information content (AvgIpc) is 2.66. The third kappa shape index (κ3) is 4.14. The lowest BCUT2D eigenvalue weighted by molar-refractivity contribution is -0.143. The minimum atomic E-state index is -1.17. The van der Waals surface area contributed by atoms with E-state index in [4.69, 9.17) is 16.3 Å². The van der Waals surface area contributed by atoms with Crippen LogP contribution in [0.25, 0.3) is 6.08 Å². The number of esters is 1. The van der Waals surface area contributed by atoms with Crippen molar-refractivity contribution < 1.29 is 23.5 Å². The Kier molecular flexibility index (Phi) is 5.70. The molecular formula is C21H18ClFN2O4. The summed E-state index contributed by atoms with van der Waals surface area (Å²) in [4.78, 5) is 38.4. The SMILES string of the molecule is CC1(C)C(=O)Nc2ccccc2N1C(=O)COC(=O)/C=C/c1c(F)cccc1Cl. The highest BCUT2D eigenvalue weighted by molar-refractivity contribution is 6.32. The van der Waals surface area contributed by atoms with Gasteiger partial charge < -0.3 is 10.1 Å². The van der Waals surface area contributed by atoms with Gasteiger partial charge in [-0.3, -0.25) is 14.5 Å². The fourth-order valence-corrected chi connectivity index (χ4v) is 3.19. The Balaban J connectivity index is 1.72. The van der Waals surface area contributed by atoms with Gasteiger partial charge in [0.25, 0.3) is 5.91 Å². The minimum absolute atomic E-state index is 0.0419. The molecule has 1 heterocycles. The molecule has 8 heteroatoms. The number of benzene rings is 2. The fourth-order valence-electron chi connectivity index (χ4n) is 2.97. The van der Waals surface area contributed by atoms with Crippen molar-refractivity contribution in [2.24, 2.45) is 0 Å². The first-order valence-electron chi connectivity index (χ1n) is 8.74. The molecular weight excluding hydrogens is 399 g/mol. The largest absolute Gasteiger partial charge is 0.452 e. The standard InChI is InChI=1S/C21H18ClFN2O4/c1-21(2)20(28)24-16-8-3-4-9-17(16)25(21)18(26)12-29-19(27)11-10-13-14(22)6-5-7-15(13)23/h3-11H,12H2,1-2H3,(H,24,28)/b11-10+. The van der Waals surface area contributed by atoms with Crippen LogP contribution in [0.3, 0.4) is 0 Å². The molecule has 0 aliphatic carbocycles. The number of ether oxygens (including phenoxy) is 1. The van der Waals surface area contributed by atoms with Gasteiger partial charge in [0.2, 0.25) is 5.91 Å². The topological polar surface area (TPSA) is 75.7 Å². The number of anilines is 2. The second kappa shape index (κ2) is 8.05. The van der Waals surface area contributed by atoms with E-state index in [0.29, 0.717) is 11.4 Å². The predicted molar refractivity (Wildman–Crippen MR) is 108 cm³/mol. The molecule has 0 bridgehead atoms. The first-order valence-corrected chi connectivity index (χ1v) is 9.12. The molecule has 1 N–H and O–H groups in total. The molecule has 6 nitrogen and oxygen atoms in total. The monoisotopic (exact) mass is 416 g/mol. The molecule has 0 saturated heterocycles. The summed E-state index contributed by atoms with van der Waals surface area (Å²) in [5, 5.41) is 2.89. The first-order chi connectivity index (χ1) is 13.7. The van der Waals surface area contributed by atoms with Crippen LogP contribution in [0.15, 0.2) is 48.5 Å². The number of hydrogen-bond donors (Lipinski definition) is 1. The van der Waals surface area contributed by atoms with Crippen molar-refractivity contribution in [3.63, 3.8) is 0 Å². The summed E-state index contributed by atoms with van der Waals surface area (Å²) in [5.41, 5.74) is -0.133. The third-order valence-electron chi connectivity index (χ3n) is 4.48. The van der Waals surface area contributed by atoms with Gasteiger partial charge in [-0.25, -0.2) is 9.18 Å². The zero-order chi connectivity index (χ0) is 21.2. The Labute approximate surface area is 171 Å². The first kappa shape index (κ1) is 20.5. The second-order valence-electron chi connectivity index (χ2n) is 6.84. The van der Waals surface area contributed by atoms with Gasteiger partial charge in [-0.15, -0.1) is 0 Å². The van der Waals surface area contributed by atoms with E-state index in [9.17, 15) is 18.8 Å². The van der Waals surface area contributed by atoms with Crippen molar-refractivity contribution in [1.29, 1.82) is 0 Å². The van der Waals surface area contributed by atoms with Crippen molar-refractivity contribution in [3.05, 3.63) is 64.9 Å². The summed E-state index contributed by atoms with van der Waals surface area (Å²) in [6, 6.07) is 11.0. The number of hydrogen-bond acceptors (Lipinski definition) is 4. The minimum Gasteiger partial charge on any atom is -0.452 e. The number of rotatable bonds is 4. The molecule has 2 amide bonds.